The van der Waals surface area contributed by atoms with Gasteiger partial charge in [-0.15, -0.1) is 22.7 Å². The summed E-state index contributed by atoms with van der Waals surface area (Å²) in [7, 11) is 0. The molecule has 154 valence electrons. The second kappa shape index (κ2) is 8.05. The number of aromatic nitrogens is 1. The van der Waals surface area contributed by atoms with Crippen LogP contribution in [0.3, 0.4) is 0 Å². The van der Waals surface area contributed by atoms with Crippen molar-refractivity contribution in [2.24, 2.45) is 5.10 Å². The second-order valence-electron chi connectivity index (χ2n) is 7.32. The van der Waals surface area contributed by atoms with Gasteiger partial charge in [0, 0.05) is 29.5 Å². The summed E-state index contributed by atoms with van der Waals surface area (Å²) in [6, 6.07) is 19.1. The highest BCUT2D eigenvalue weighted by Gasteiger charge is 2.32. The predicted molar refractivity (Wildman–Crippen MR) is 126 cm³/mol. The SMILES string of the molecule is Cc1ccc(-c2csc(N3N=C(c4cccs4)C[C@H]3c3ccc([N+](=O)[O-])cc3)n2)cc1. The Hall–Kier alpha value is -3.36. The van der Waals surface area contributed by atoms with Crippen molar-refractivity contribution in [1.29, 1.82) is 0 Å². The third-order valence-corrected chi connectivity index (χ3v) is 6.99. The highest BCUT2D eigenvalue weighted by Crippen LogP contribution is 2.40. The molecule has 1 atom stereocenters. The summed E-state index contributed by atoms with van der Waals surface area (Å²) >= 11 is 3.22. The number of nitrogens with zero attached hydrogens (tertiary/aromatic N) is 4. The Balaban J connectivity index is 1.51. The van der Waals surface area contributed by atoms with Crippen LogP contribution in [0.2, 0.25) is 0 Å². The lowest BCUT2D eigenvalue weighted by molar-refractivity contribution is -0.384. The molecule has 0 saturated heterocycles. The largest absolute Gasteiger partial charge is 0.269 e. The van der Waals surface area contributed by atoms with Crippen molar-refractivity contribution < 1.29 is 4.92 Å². The van der Waals surface area contributed by atoms with Crippen molar-refractivity contribution in [1.82, 2.24) is 4.98 Å². The predicted octanol–water partition coefficient (Wildman–Crippen LogP) is 6.44. The summed E-state index contributed by atoms with van der Waals surface area (Å²) in [5.41, 5.74) is 5.27. The first kappa shape index (κ1) is 19.6. The van der Waals surface area contributed by atoms with Crippen molar-refractivity contribution in [3.8, 4) is 11.3 Å². The van der Waals surface area contributed by atoms with Gasteiger partial charge in [0.2, 0.25) is 5.13 Å². The summed E-state index contributed by atoms with van der Waals surface area (Å²) in [6.45, 7) is 2.07. The van der Waals surface area contributed by atoms with Crippen molar-refractivity contribution in [3.63, 3.8) is 0 Å². The van der Waals surface area contributed by atoms with E-state index in [-0.39, 0.29) is 16.7 Å². The molecule has 0 radical (unpaired) electrons. The quantitative estimate of drug-likeness (QED) is 0.261. The monoisotopic (exact) mass is 446 g/mol. The molecule has 0 unspecified atom stereocenters. The maximum Gasteiger partial charge on any atom is 0.269 e. The lowest BCUT2D eigenvalue weighted by Crippen LogP contribution is -2.18. The molecule has 4 aromatic rings. The first-order valence-corrected chi connectivity index (χ1v) is 11.5. The van der Waals surface area contributed by atoms with E-state index in [2.05, 4.69) is 37.3 Å². The van der Waals surface area contributed by atoms with E-state index in [0.717, 1.165) is 39.0 Å². The smallest absolute Gasteiger partial charge is 0.258 e. The molecule has 31 heavy (non-hydrogen) atoms. The van der Waals surface area contributed by atoms with Gasteiger partial charge in [0.1, 0.15) is 0 Å². The topological polar surface area (TPSA) is 71.6 Å². The third kappa shape index (κ3) is 3.87. The highest BCUT2D eigenvalue weighted by atomic mass is 32.1. The van der Waals surface area contributed by atoms with Gasteiger partial charge in [-0.25, -0.2) is 9.99 Å². The molecule has 1 aliphatic heterocycles. The molecule has 1 aliphatic rings. The van der Waals surface area contributed by atoms with Crippen LogP contribution in [-0.2, 0) is 0 Å². The third-order valence-electron chi connectivity index (χ3n) is 5.24. The molecule has 0 saturated carbocycles. The van der Waals surface area contributed by atoms with Crippen LogP contribution < -0.4 is 5.01 Å². The number of nitro groups is 1. The van der Waals surface area contributed by atoms with Gasteiger partial charge in [-0.1, -0.05) is 48.0 Å². The molecule has 2 aromatic carbocycles. The van der Waals surface area contributed by atoms with Crippen molar-refractivity contribution in [3.05, 3.63) is 97.5 Å². The number of aryl methyl sites for hydroxylation is 1. The lowest BCUT2D eigenvalue weighted by atomic mass is 10.0. The van der Waals surface area contributed by atoms with Crippen LogP contribution in [0.1, 0.15) is 28.5 Å². The Bertz CT molecular complexity index is 1250. The molecule has 5 rings (SSSR count). The minimum absolute atomic E-state index is 0.0603. The zero-order valence-electron chi connectivity index (χ0n) is 16.6. The highest BCUT2D eigenvalue weighted by molar-refractivity contribution is 7.14. The maximum atomic E-state index is 11.1. The van der Waals surface area contributed by atoms with Gasteiger partial charge >= 0.3 is 0 Å². The lowest BCUT2D eigenvalue weighted by Gasteiger charge is -2.21. The molecule has 0 bridgehead atoms. The number of nitro benzene ring substituents is 1. The fraction of sp³-hybridized carbons (Fsp3) is 0.130. The van der Waals surface area contributed by atoms with Crippen molar-refractivity contribution in [2.75, 3.05) is 5.01 Å². The summed E-state index contributed by atoms with van der Waals surface area (Å²) in [5, 5.41) is 22.8. The van der Waals surface area contributed by atoms with Crippen molar-refractivity contribution in [2.45, 2.75) is 19.4 Å². The Morgan fingerprint density at radius 2 is 1.84 bits per heavy atom. The van der Waals surface area contributed by atoms with E-state index in [1.54, 1.807) is 34.8 Å². The number of hydrogen-bond acceptors (Lipinski definition) is 7. The van der Waals surface area contributed by atoms with Gasteiger partial charge < -0.3 is 0 Å². The number of thiazole rings is 1. The van der Waals surface area contributed by atoms with E-state index < -0.39 is 0 Å². The van der Waals surface area contributed by atoms with Crippen LogP contribution in [0.5, 0.6) is 0 Å². The van der Waals surface area contributed by atoms with Crippen LogP contribution >= 0.6 is 22.7 Å². The van der Waals surface area contributed by atoms with Gasteiger partial charge in [0.25, 0.3) is 5.69 Å². The molecule has 0 spiro atoms. The zero-order valence-corrected chi connectivity index (χ0v) is 18.3. The number of thiophene rings is 1. The fourth-order valence-corrected chi connectivity index (χ4v) is 5.14. The second-order valence-corrected chi connectivity index (χ2v) is 9.10. The first-order valence-electron chi connectivity index (χ1n) is 9.76. The van der Waals surface area contributed by atoms with Gasteiger partial charge in [-0.05, 0) is 23.9 Å². The normalized spacial score (nSPS) is 15.8. The van der Waals surface area contributed by atoms with Crippen LogP contribution in [-0.4, -0.2) is 15.6 Å². The van der Waals surface area contributed by atoms with Crippen LogP contribution in [0, 0.1) is 17.0 Å². The fourth-order valence-electron chi connectivity index (χ4n) is 3.58. The van der Waals surface area contributed by atoms with E-state index in [4.69, 9.17) is 10.1 Å². The molecule has 6 nitrogen and oxygen atoms in total. The Kier molecular flexibility index (Phi) is 5.09. The number of benzene rings is 2. The Morgan fingerprint density at radius 3 is 2.52 bits per heavy atom. The maximum absolute atomic E-state index is 11.1. The average Bonchev–Trinajstić information content (AvgIpc) is 3.54. The summed E-state index contributed by atoms with van der Waals surface area (Å²) < 4.78 is 0. The molecule has 2 aromatic heterocycles. The van der Waals surface area contributed by atoms with Gasteiger partial charge in [-0.2, -0.15) is 5.10 Å². The zero-order chi connectivity index (χ0) is 21.4. The Labute approximate surface area is 187 Å². The summed E-state index contributed by atoms with van der Waals surface area (Å²) in [5.74, 6) is 0. The van der Waals surface area contributed by atoms with Crippen LogP contribution in [0.4, 0.5) is 10.8 Å². The molecule has 3 heterocycles. The van der Waals surface area contributed by atoms with E-state index in [0.29, 0.717) is 0 Å². The standard InChI is InChI=1S/C23H18N4O2S2/c1-15-4-6-16(7-5-15)20-14-31-23(24-20)26-21(13-19(25-26)22-3-2-12-30-22)17-8-10-18(11-9-17)27(28)29/h2-12,14,21H,13H2,1H3/t21-/m0/s1. The summed E-state index contributed by atoms with van der Waals surface area (Å²) in [4.78, 5) is 16.7. The number of rotatable bonds is 5. The van der Waals surface area contributed by atoms with E-state index >= 15 is 0 Å². The van der Waals surface area contributed by atoms with E-state index in [1.807, 2.05) is 34.0 Å². The van der Waals surface area contributed by atoms with Crippen molar-refractivity contribution >= 4 is 39.2 Å². The molecule has 0 N–H and O–H groups in total. The Morgan fingerprint density at radius 1 is 1.06 bits per heavy atom. The minimum Gasteiger partial charge on any atom is -0.258 e. The van der Waals surface area contributed by atoms with E-state index in [1.165, 1.54) is 5.56 Å². The van der Waals surface area contributed by atoms with Gasteiger partial charge in [0.05, 0.1) is 27.2 Å². The van der Waals surface area contributed by atoms with Crippen LogP contribution in [0.15, 0.2) is 76.5 Å². The number of hydrazone groups is 1. The number of hydrogen-bond donors (Lipinski definition) is 0. The molecule has 8 heteroatoms. The molecular formula is C23H18N4O2S2. The molecule has 0 fully saturated rings. The molecular weight excluding hydrogens is 428 g/mol. The van der Waals surface area contributed by atoms with Gasteiger partial charge in [-0.3, -0.25) is 10.1 Å². The first-order chi connectivity index (χ1) is 15.1. The van der Waals surface area contributed by atoms with Crippen LogP contribution in [0.25, 0.3) is 11.3 Å². The number of anilines is 1. The number of non-ortho nitro benzene ring substituents is 1. The minimum atomic E-state index is -0.377. The summed E-state index contributed by atoms with van der Waals surface area (Å²) in [6.07, 6.45) is 0.720. The molecule has 0 aliphatic carbocycles. The van der Waals surface area contributed by atoms with E-state index in [9.17, 15) is 10.1 Å². The average molecular weight is 447 g/mol. The molecule has 0 amide bonds. The van der Waals surface area contributed by atoms with Gasteiger partial charge in [0.15, 0.2) is 0 Å².